The minimum atomic E-state index is -0.0655. The summed E-state index contributed by atoms with van der Waals surface area (Å²) in [5, 5.41) is 0. The SMILES string of the molecule is CCOC(=O)CC(CCc1ccccc1)C(C)C. The van der Waals surface area contributed by atoms with Crippen molar-refractivity contribution in [2.24, 2.45) is 11.8 Å². The van der Waals surface area contributed by atoms with Gasteiger partial charge < -0.3 is 4.74 Å². The molecule has 0 N–H and O–H groups in total. The normalized spacial score (nSPS) is 12.4. The first-order chi connectivity index (χ1) is 8.63. The zero-order chi connectivity index (χ0) is 13.4. The van der Waals surface area contributed by atoms with Crippen LogP contribution in [0, 0.1) is 11.8 Å². The molecule has 1 aromatic carbocycles. The van der Waals surface area contributed by atoms with Crippen molar-refractivity contribution in [3.8, 4) is 0 Å². The van der Waals surface area contributed by atoms with E-state index in [1.807, 2.05) is 13.0 Å². The lowest BCUT2D eigenvalue weighted by Gasteiger charge is -2.19. The van der Waals surface area contributed by atoms with E-state index in [4.69, 9.17) is 4.74 Å². The first kappa shape index (κ1) is 14.7. The predicted octanol–water partition coefficient (Wildman–Crippen LogP) is 3.84. The fourth-order valence-corrected chi connectivity index (χ4v) is 2.10. The summed E-state index contributed by atoms with van der Waals surface area (Å²) in [6, 6.07) is 10.4. The van der Waals surface area contributed by atoms with Gasteiger partial charge in [0.25, 0.3) is 0 Å². The number of rotatable bonds is 7. The van der Waals surface area contributed by atoms with Crippen LogP contribution in [0.3, 0.4) is 0 Å². The average Bonchev–Trinajstić information content (AvgIpc) is 2.35. The van der Waals surface area contributed by atoms with Crippen LogP contribution in [-0.4, -0.2) is 12.6 Å². The molecule has 100 valence electrons. The third-order valence-electron chi connectivity index (χ3n) is 3.32. The minimum absolute atomic E-state index is 0.0655. The van der Waals surface area contributed by atoms with Crippen molar-refractivity contribution in [3.63, 3.8) is 0 Å². The van der Waals surface area contributed by atoms with E-state index in [1.54, 1.807) is 0 Å². The van der Waals surface area contributed by atoms with E-state index in [9.17, 15) is 4.79 Å². The molecule has 0 heterocycles. The van der Waals surface area contributed by atoms with Gasteiger partial charge in [0, 0.05) is 6.42 Å². The van der Waals surface area contributed by atoms with Crippen LogP contribution in [0.2, 0.25) is 0 Å². The zero-order valence-corrected chi connectivity index (χ0v) is 11.7. The summed E-state index contributed by atoms with van der Waals surface area (Å²) in [6.45, 7) is 6.68. The Morgan fingerprint density at radius 3 is 2.44 bits per heavy atom. The van der Waals surface area contributed by atoms with Gasteiger partial charge in [0.1, 0.15) is 0 Å². The van der Waals surface area contributed by atoms with Gasteiger partial charge in [-0.3, -0.25) is 4.79 Å². The standard InChI is InChI=1S/C16H24O2/c1-4-18-16(17)12-15(13(2)3)11-10-14-8-6-5-7-9-14/h5-9,13,15H,4,10-12H2,1-3H3. The Morgan fingerprint density at radius 2 is 1.89 bits per heavy atom. The van der Waals surface area contributed by atoms with Crippen molar-refractivity contribution in [2.75, 3.05) is 6.61 Å². The van der Waals surface area contributed by atoms with E-state index in [-0.39, 0.29) is 5.97 Å². The Balaban J connectivity index is 2.46. The highest BCUT2D eigenvalue weighted by molar-refractivity contribution is 5.69. The molecule has 0 aromatic heterocycles. The molecule has 1 unspecified atom stereocenters. The molecule has 0 aliphatic carbocycles. The smallest absolute Gasteiger partial charge is 0.306 e. The maximum absolute atomic E-state index is 11.5. The number of carbonyl (C=O) groups excluding carboxylic acids is 1. The van der Waals surface area contributed by atoms with Crippen LogP contribution in [0.15, 0.2) is 30.3 Å². The molecule has 0 bridgehead atoms. The Labute approximate surface area is 110 Å². The van der Waals surface area contributed by atoms with Gasteiger partial charge >= 0.3 is 5.97 Å². The molecule has 0 aliphatic heterocycles. The number of aryl methyl sites for hydroxylation is 1. The van der Waals surface area contributed by atoms with Crippen LogP contribution in [0.25, 0.3) is 0 Å². The lowest BCUT2D eigenvalue weighted by atomic mass is 9.87. The lowest BCUT2D eigenvalue weighted by molar-refractivity contribution is -0.144. The van der Waals surface area contributed by atoms with Crippen molar-refractivity contribution in [2.45, 2.75) is 40.0 Å². The van der Waals surface area contributed by atoms with Crippen molar-refractivity contribution >= 4 is 5.97 Å². The maximum Gasteiger partial charge on any atom is 0.306 e. The van der Waals surface area contributed by atoms with E-state index in [2.05, 4.69) is 38.1 Å². The summed E-state index contributed by atoms with van der Waals surface area (Å²) in [5.74, 6) is 0.853. The zero-order valence-electron chi connectivity index (χ0n) is 11.7. The molecule has 2 nitrogen and oxygen atoms in total. The molecule has 0 spiro atoms. The third kappa shape index (κ3) is 5.35. The molecular formula is C16H24O2. The number of hydrogen-bond donors (Lipinski definition) is 0. The quantitative estimate of drug-likeness (QED) is 0.685. The highest BCUT2D eigenvalue weighted by Crippen LogP contribution is 2.22. The Hall–Kier alpha value is -1.31. The van der Waals surface area contributed by atoms with Crippen molar-refractivity contribution in [3.05, 3.63) is 35.9 Å². The van der Waals surface area contributed by atoms with Gasteiger partial charge in [-0.25, -0.2) is 0 Å². The lowest BCUT2D eigenvalue weighted by Crippen LogP contribution is -2.17. The Kier molecular flexibility index (Phi) is 6.48. The summed E-state index contributed by atoms with van der Waals surface area (Å²) < 4.78 is 5.04. The van der Waals surface area contributed by atoms with Crippen molar-refractivity contribution < 1.29 is 9.53 Å². The van der Waals surface area contributed by atoms with E-state index >= 15 is 0 Å². The second kappa shape index (κ2) is 7.91. The molecule has 0 aliphatic rings. The minimum Gasteiger partial charge on any atom is -0.466 e. The van der Waals surface area contributed by atoms with E-state index in [0.717, 1.165) is 12.8 Å². The van der Waals surface area contributed by atoms with Gasteiger partial charge in [-0.1, -0.05) is 44.2 Å². The summed E-state index contributed by atoms with van der Waals surface area (Å²) in [7, 11) is 0. The average molecular weight is 248 g/mol. The Bertz CT molecular complexity index is 343. The van der Waals surface area contributed by atoms with Crippen LogP contribution in [0.5, 0.6) is 0 Å². The third-order valence-corrected chi connectivity index (χ3v) is 3.32. The van der Waals surface area contributed by atoms with Gasteiger partial charge in [0.05, 0.1) is 6.61 Å². The molecule has 0 saturated carbocycles. The molecule has 0 radical (unpaired) electrons. The molecule has 0 fully saturated rings. The summed E-state index contributed by atoms with van der Waals surface area (Å²) >= 11 is 0. The highest BCUT2D eigenvalue weighted by atomic mass is 16.5. The largest absolute Gasteiger partial charge is 0.466 e. The molecule has 1 atom stereocenters. The van der Waals surface area contributed by atoms with Crippen LogP contribution in [0.1, 0.15) is 39.2 Å². The summed E-state index contributed by atoms with van der Waals surface area (Å²) in [5.41, 5.74) is 1.34. The van der Waals surface area contributed by atoms with Gasteiger partial charge in [0.2, 0.25) is 0 Å². The number of carbonyl (C=O) groups is 1. The molecule has 18 heavy (non-hydrogen) atoms. The van der Waals surface area contributed by atoms with Gasteiger partial charge in [-0.15, -0.1) is 0 Å². The number of benzene rings is 1. The summed E-state index contributed by atoms with van der Waals surface area (Å²) in [6.07, 6.45) is 2.61. The van der Waals surface area contributed by atoms with Gasteiger partial charge in [-0.05, 0) is 37.2 Å². The van der Waals surface area contributed by atoms with E-state index < -0.39 is 0 Å². The molecule has 0 saturated heterocycles. The fraction of sp³-hybridized carbons (Fsp3) is 0.562. The molecular weight excluding hydrogens is 224 g/mol. The molecule has 0 amide bonds. The highest BCUT2D eigenvalue weighted by Gasteiger charge is 2.18. The Morgan fingerprint density at radius 1 is 1.22 bits per heavy atom. The molecule has 1 aromatic rings. The predicted molar refractivity (Wildman–Crippen MR) is 74.3 cm³/mol. The van der Waals surface area contributed by atoms with Crippen molar-refractivity contribution in [1.82, 2.24) is 0 Å². The second-order valence-corrected chi connectivity index (χ2v) is 5.04. The topological polar surface area (TPSA) is 26.3 Å². The molecule has 1 rings (SSSR count). The fourth-order valence-electron chi connectivity index (χ4n) is 2.10. The van der Waals surface area contributed by atoms with Crippen LogP contribution in [0.4, 0.5) is 0 Å². The van der Waals surface area contributed by atoms with Gasteiger partial charge in [-0.2, -0.15) is 0 Å². The number of esters is 1. The van der Waals surface area contributed by atoms with Crippen molar-refractivity contribution in [1.29, 1.82) is 0 Å². The van der Waals surface area contributed by atoms with E-state index in [1.165, 1.54) is 5.56 Å². The number of hydrogen-bond acceptors (Lipinski definition) is 2. The van der Waals surface area contributed by atoms with Crippen LogP contribution >= 0.6 is 0 Å². The maximum atomic E-state index is 11.5. The van der Waals surface area contributed by atoms with Crippen LogP contribution in [-0.2, 0) is 16.0 Å². The second-order valence-electron chi connectivity index (χ2n) is 5.04. The first-order valence-corrected chi connectivity index (χ1v) is 6.83. The van der Waals surface area contributed by atoms with Crippen LogP contribution < -0.4 is 0 Å². The number of ether oxygens (including phenoxy) is 1. The van der Waals surface area contributed by atoms with E-state index in [0.29, 0.717) is 24.9 Å². The van der Waals surface area contributed by atoms with Gasteiger partial charge in [0.15, 0.2) is 0 Å². The monoisotopic (exact) mass is 248 g/mol. The molecule has 2 heteroatoms. The first-order valence-electron chi connectivity index (χ1n) is 6.83. The summed E-state index contributed by atoms with van der Waals surface area (Å²) in [4.78, 5) is 11.5.